The van der Waals surface area contributed by atoms with Gasteiger partial charge in [-0.15, -0.1) is 0 Å². The van der Waals surface area contributed by atoms with Crippen molar-refractivity contribution in [2.75, 3.05) is 12.3 Å². The predicted molar refractivity (Wildman–Crippen MR) is 109 cm³/mol. The summed E-state index contributed by atoms with van der Waals surface area (Å²) in [6, 6.07) is 5.57. The van der Waals surface area contributed by atoms with Crippen LogP contribution in [0.1, 0.15) is 46.2 Å². The van der Waals surface area contributed by atoms with Crippen molar-refractivity contribution >= 4 is 23.3 Å². The Kier molecular flexibility index (Phi) is 6.45. The van der Waals surface area contributed by atoms with Gasteiger partial charge in [0.15, 0.2) is 5.82 Å². The average Bonchev–Trinajstić information content (AvgIpc) is 3.28. The van der Waals surface area contributed by atoms with E-state index in [4.69, 9.17) is 19.9 Å². The van der Waals surface area contributed by atoms with Crippen LogP contribution in [0.3, 0.4) is 0 Å². The van der Waals surface area contributed by atoms with Crippen LogP contribution in [0.25, 0.3) is 5.52 Å². The third-order valence-electron chi connectivity index (χ3n) is 5.05. The first-order valence-electron chi connectivity index (χ1n) is 10.2. The number of rotatable bonds is 7. The van der Waals surface area contributed by atoms with Crippen molar-refractivity contribution in [3.63, 3.8) is 0 Å². The van der Waals surface area contributed by atoms with Gasteiger partial charge in [0.1, 0.15) is 36.7 Å². The highest BCUT2D eigenvalue weighted by atomic mass is 16.6. The SMILES string of the molecule is CC(C)CC(=O)O[C@H]1C[C@](C#N)(c2ccc3c(N)ncnn23)O[C@@H]1COC(=O)C(C)C. The second kappa shape index (κ2) is 8.89. The highest BCUT2D eigenvalue weighted by molar-refractivity contribution is 5.71. The first-order chi connectivity index (χ1) is 14.7. The maximum absolute atomic E-state index is 12.3. The Morgan fingerprint density at radius 1 is 1.39 bits per heavy atom. The molecule has 1 fully saturated rings. The van der Waals surface area contributed by atoms with Crippen LogP contribution in [0.15, 0.2) is 18.5 Å². The molecule has 1 aliphatic rings. The fourth-order valence-corrected chi connectivity index (χ4v) is 3.49. The number of carbonyl (C=O) groups is 2. The minimum Gasteiger partial charge on any atom is -0.463 e. The number of nitrogens with zero attached hydrogens (tertiary/aromatic N) is 4. The van der Waals surface area contributed by atoms with Gasteiger partial charge < -0.3 is 19.9 Å². The van der Waals surface area contributed by atoms with Crippen molar-refractivity contribution in [2.45, 2.75) is 58.3 Å². The molecule has 3 rings (SSSR count). The topological polar surface area (TPSA) is 142 Å². The average molecular weight is 429 g/mol. The van der Waals surface area contributed by atoms with Gasteiger partial charge in [0.05, 0.1) is 11.6 Å². The zero-order valence-corrected chi connectivity index (χ0v) is 18.1. The van der Waals surface area contributed by atoms with Crippen LogP contribution in [-0.2, 0) is 29.4 Å². The molecule has 31 heavy (non-hydrogen) atoms. The number of nitrogen functional groups attached to an aromatic ring is 1. The number of esters is 2. The maximum Gasteiger partial charge on any atom is 0.308 e. The van der Waals surface area contributed by atoms with Gasteiger partial charge in [-0.05, 0) is 18.1 Å². The maximum atomic E-state index is 12.3. The van der Waals surface area contributed by atoms with E-state index in [0.29, 0.717) is 11.2 Å². The minimum absolute atomic E-state index is 0.0627. The third-order valence-corrected chi connectivity index (χ3v) is 5.05. The Morgan fingerprint density at radius 3 is 2.77 bits per heavy atom. The molecule has 0 spiro atoms. The van der Waals surface area contributed by atoms with E-state index in [-0.39, 0.29) is 37.1 Å². The van der Waals surface area contributed by atoms with E-state index in [9.17, 15) is 14.9 Å². The molecule has 0 unspecified atom stereocenters. The molecule has 0 aliphatic carbocycles. The van der Waals surface area contributed by atoms with Crippen molar-refractivity contribution in [2.24, 2.45) is 11.8 Å². The van der Waals surface area contributed by atoms with Gasteiger partial charge in [-0.1, -0.05) is 27.7 Å². The Hall–Kier alpha value is -3.19. The zero-order chi connectivity index (χ0) is 22.8. The molecule has 2 N–H and O–H groups in total. The van der Waals surface area contributed by atoms with Gasteiger partial charge in [-0.2, -0.15) is 10.4 Å². The number of nitrogens with two attached hydrogens (primary N) is 1. The summed E-state index contributed by atoms with van der Waals surface area (Å²) in [6.07, 6.45) is 0.00635. The van der Waals surface area contributed by atoms with E-state index in [0.717, 1.165) is 0 Å². The van der Waals surface area contributed by atoms with E-state index in [2.05, 4.69) is 16.2 Å². The van der Waals surface area contributed by atoms with Crippen LogP contribution in [0.4, 0.5) is 5.82 Å². The van der Waals surface area contributed by atoms with Crippen LogP contribution in [-0.4, -0.2) is 45.4 Å². The number of fused-ring (bicyclic) bond motifs is 1. The van der Waals surface area contributed by atoms with Gasteiger partial charge in [0.2, 0.25) is 5.60 Å². The Bertz CT molecular complexity index is 1010. The molecule has 0 saturated carbocycles. The number of hydrogen-bond acceptors (Lipinski definition) is 9. The fraction of sp³-hybridized carbons (Fsp3) is 0.571. The molecular formula is C21H27N5O5. The highest BCUT2D eigenvalue weighted by Gasteiger charge is 2.52. The van der Waals surface area contributed by atoms with E-state index < -0.39 is 29.7 Å². The predicted octanol–water partition coefficient (Wildman–Crippen LogP) is 1.98. The zero-order valence-electron chi connectivity index (χ0n) is 18.1. The third kappa shape index (κ3) is 4.61. The molecule has 0 aromatic carbocycles. The van der Waals surface area contributed by atoms with Crippen LogP contribution >= 0.6 is 0 Å². The molecule has 1 aliphatic heterocycles. The molecule has 166 valence electrons. The van der Waals surface area contributed by atoms with E-state index >= 15 is 0 Å². The van der Waals surface area contributed by atoms with Crippen LogP contribution < -0.4 is 5.73 Å². The summed E-state index contributed by atoms with van der Waals surface area (Å²) in [7, 11) is 0. The van der Waals surface area contributed by atoms with Crippen molar-refractivity contribution in [3.8, 4) is 6.07 Å². The van der Waals surface area contributed by atoms with Gasteiger partial charge in [0.25, 0.3) is 0 Å². The monoisotopic (exact) mass is 429 g/mol. The Balaban J connectivity index is 1.92. The number of aromatic nitrogens is 3. The van der Waals surface area contributed by atoms with Crippen molar-refractivity contribution in [3.05, 3.63) is 24.2 Å². The summed E-state index contributed by atoms with van der Waals surface area (Å²) in [4.78, 5) is 28.2. The summed E-state index contributed by atoms with van der Waals surface area (Å²) in [6.45, 7) is 7.11. The second-order valence-electron chi connectivity index (χ2n) is 8.37. The van der Waals surface area contributed by atoms with Crippen LogP contribution in [0.5, 0.6) is 0 Å². The number of anilines is 1. The molecular weight excluding hydrogens is 402 g/mol. The van der Waals surface area contributed by atoms with Gasteiger partial charge in [0, 0.05) is 12.8 Å². The Labute approximate surface area is 180 Å². The van der Waals surface area contributed by atoms with E-state index in [1.165, 1.54) is 10.8 Å². The van der Waals surface area contributed by atoms with Crippen LogP contribution in [0, 0.1) is 23.2 Å². The smallest absolute Gasteiger partial charge is 0.308 e. The number of nitriles is 1. The first-order valence-corrected chi connectivity index (χ1v) is 10.2. The first kappa shape index (κ1) is 22.5. The quantitative estimate of drug-likeness (QED) is 0.654. The largest absolute Gasteiger partial charge is 0.463 e. The lowest BCUT2D eigenvalue weighted by Gasteiger charge is -2.21. The summed E-state index contributed by atoms with van der Waals surface area (Å²) >= 11 is 0. The summed E-state index contributed by atoms with van der Waals surface area (Å²) < 4.78 is 18.6. The number of carbonyl (C=O) groups excluding carboxylic acids is 2. The lowest BCUT2D eigenvalue weighted by Crippen LogP contribution is -2.33. The normalized spacial score (nSPS) is 23.3. The molecule has 3 heterocycles. The van der Waals surface area contributed by atoms with E-state index in [1.54, 1.807) is 26.0 Å². The molecule has 10 heteroatoms. The summed E-state index contributed by atoms with van der Waals surface area (Å²) in [5.74, 6) is -0.752. The van der Waals surface area contributed by atoms with Crippen molar-refractivity contribution < 1.29 is 23.8 Å². The lowest BCUT2D eigenvalue weighted by atomic mass is 9.96. The van der Waals surface area contributed by atoms with Gasteiger partial charge in [-0.3, -0.25) is 9.59 Å². The molecule has 0 radical (unpaired) electrons. The summed E-state index contributed by atoms with van der Waals surface area (Å²) in [5.41, 5.74) is 5.40. The molecule has 0 amide bonds. The standard InChI is InChI=1S/C21H27N5O5/c1-12(2)7-18(27)30-15-8-21(10-22,31-16(15)9-29-20(28)13(3)4)17-6-5-14-19(23)24-11-25-26(14)17/h5-6,11-13,15-16H,7-9H2,1-4H3,(H2,23,24,25)/t15-,16+,21-/m0/s1. The lowest BCUT2D eigenvalue weighted by molar-refractivity contribution is -0.160. The molecule has 2 aromatic heterocycles. The van der Waals surface area contributed by atoms with E-state index in [1.807, 2.05) is 13.8 Å². The molecule has 0 bridgehead atoms. The Morgan fingerprint density at radius 2 is 2.13 bits per heavy atom. The minimum atomic E-state index is -1.47. The van der Waals surface area contributed by atoms with Crippen molar-refractivity contribution in [1.29, 1.82) is 5.26 Å². The van der Waals surface area contributed by atoms with Crippen molar-refractivity contribution in [1.82, 2.24) is 14.6 Å². The number of ether oxygens (including phenoxy) is 3. The molecule has 10 nitrogen and oxygen atoms in total. The second-order valence-corrected chi connectivity index (χ2v) is 8.37. The molecule has 1 saturated heterocycles. The highest BCUT2D eigenvalue weighted by Crippen LogP contribution is 2.41. The molecule has 2 aromatic rings. The van der Waals surface area contributed by atoms with Gasteiger partial charge >= 0.3 is 11.9 Å². The van der Waals surface area contributed by atoms with Crippen LogP contribution in [0.2, 0.25) is 0 Å². The van der Waals surface area contributed by atoms with Gasteiger partial charge in [-0.25, -0.2) is 9.50 Å². The number of hydrogen-bond donors (Lipinski definition) is 1. The molecule has 3 atom stereocenters. The fourth-order valence-electron chi connectivity index (χ4n) is 3.49. The summed E-state index contributed by atoms with van der Waals surface area (Å²) in [5, 5.41) is 14.3.